The average Bonchev–Trinajstić information content (AvgIpc) is 3.83. The molecule has 2 aromatic heterocycles. The highest BCUT2D eigenvalue weighted by atomic mass is 16.4. The second-order valence-electron chi connectivity index (χ2n) is 12.0. The number of fused-ring (bicyclic) bond motifs is 6. The van der Waals surface area contributed by atoms with Crippen LogP contribution in [0.15, 0.2) is 167 Å². The lowest BCUT2D eigenvalue weighted by Crippen LogP contribution is -2.10. The molecule has 0 saturated heterocycles. The molecule has 220 valence electrons. The molecule has 4 heteroatoms. The molecule has 0 bridgehead atoms. The van der Waals surface area contributed by atoms with Crippen LogP contribution in [-0.4, -0.2) is 4.98 Å². The Morgan fingerprint density at radius 2 is 1.19 bits per heavy atom. The number of rotatable bonds is 5. The van der Waals surface area contributed by atoms with Crippen molar-refractivity contribution in [3.63, 3.8) is 0 Å². The van der Waals surface area contributed by atoms with Crippen LogP contribution in [0.4, 0.5) is 17.1 Å². The molecule has 0 aliphatic heterocycles. The number of benzene rings is 7. The van der Waals surface area contributed by atoms with Crippen LogP contribution in [-0.2, 0) is 0 Å². The van der Waals surface area contributed by atoms with E-state index < -0.39 is 0 Å². The summed E-state index contributed by atoms with van der Waals surface area (Å²) in [6, 6.07) is 54.9. The number of hydrogen-bond acceptors (Lipinski definition) is 4. The fourth-order valence-electron chi connectivity index (χ4n) is 7.08. The molecule has 0 atom stereocenters. The quantitative estimate of drug-likeness (QED) is 0.197. The van der Waals surface area contributed by atoms with E-state index in [1.807, 2.05) is 48.5 Å². The zero-order valence-electron chi connectivity index (χ0n) is 25.2. The van der Waals surface area contributed by atoms with Crippen molar-refractivity contribution < 1.29 is 8.83 Å². The standard InChI is InChI=1S/C43H26N2O2/c1-3-11-27(12-4-1)28-21-23-31(24-22-28)45(37-19-10-17-34-33-16-7-8-20-38(33)46-41(34)37)32-25-30-15-9-18-35-39(30)36(26-32)42-40(35)44-43(47-42)29-13-5-2-6-14-29/h1-26H. The number of oxazole rings is 1. The summed E-state index contributed by atoms with van der Waals surface area (Å²) in [7, 11) is 0. The number of anilines is 3. The maximum Gasteiger partial charge on any atom is 0.227 e. The van der Waals surface area contributed by atoms with Crippen LogP contribution in [0.5, 0.6) is 0 Å². The van der Waals surface area contributed by atoms with Crippen molar-refractivity contribution in [3.05, 3.63) is 158 Å². The van der Waals surface area contributed by atoms with E-state index in [1.54, 1.807) is 0 Å². The highest BCUT2D eigenvalue weighted by molar-refractivity contribution is 6.16. The van der Waals surface area contributed by atoms with Gasteiger partial charge in [-0.15, -0.1) is 0 Å². The number of aromatic nitrogens is 1. The molecule has 10 rings (SSSR count). The second-order valence-corrected chi connectivity index (χ2v) is 12.0. The number of nitrogens with zero attached hydrogens (tertiary/aromatic N) is 2. The van der Waals surface area contributed by atoms with Gasteiger partial charge >= 0.3 is 0 Å². The van der Waals surface area contributed by atoms with Crippen molar-refractivity contribution in [1.82, 2.24) is 4.98 Å². The van der Waals surface area contributed by atoms with Crippen molar-refractivity contribution >= 4 is 49.8 Å². The first-order chi connectivity index (χ1) is 23.3. The van der Waals surface area contributed by atoms with Crippen LogP contribution in [0.1, 0.15) is 0 Å². The van der Waals surface area contributed by atoms with Crippen LogP contribution in [0.25, 0.3) is 77.9 Å². The highest BCUT2D eigenvalue weighted by Crippen LogP contribution is 2.52. The van der Waals surface area contributed by atoms with E-state index in [-0.39, 0.29) is 0 Å². The predicted molar refractivity (Wildman–Crippen MR) is 191 cm³/mol. The third-order valence-corrected chi connectivity index (χ3v) is 9.22. The van der Waals surface area contributed by atoms with Gasteiger partial charge in [0.05, 0.1) is 5.69 Å². The molecule has 0 spiro atoms. The molecule has 7 aromatic carbocycles. The SMILES string of the molecule is c1ccc(-c2ccc(N(c3cc4c5c(cccc5c3)-c3nc(-c5ccccc5)oc3-4)c3cccc4c3oc3ccccc34)cc2)cc1. The largest absolute Gasteiger partial charge is 0.454 e. The van der Waals surface area contributed by atoms with Crippen LogP contribution < -0.4 is 4.90 Å². The molecular weight excluding hydrogens is 576 g/mol. The molecule has 1 aliphatic rings. The molecular formula is C43H26N2O2. The Morgan fingerprint density at radius 3 is 2.02 bits per heavy atom. The molecule has 0 amide bonds. The Balaban J connectivity index is 1.21. The Bertz CT molecular complexity index is 2620. The lowest BCUT2D eigenvalue weighted by atomic mass is 10.0. The highest BCUT2D eigenvalue weighted by Gasteiger charge is 2.30. The maximum absolute atomic E-state index is 6.59. The summed E-state index contributed by atoms with van der Waals surface area (Å²) in [6.07, 6.45) is 0. The molecule has 0 unspecified atom stereocenters. The molecule has 2 heterocycles. The molecule has 0 N–H and O–H groups in total. The number of hydrogen-bond donors (Lipinski definition) is 0. The van der Waals surface area contributed by atoms with Gasteiger partial charge in [0.1, 0.15) is 11.3 Å². The van der Waals surface area contributed by atoms with Gasteiger partial charge in [-0.2, -0.15) is 0 Å². The van der Waals surface area contributed by atoms with Gasteiger partial charge in [-0.05, 0) is 65.0 Å². The van der Waals surface area contributed by atoms with E-state index in [4.69, 9.17) is 13.8 Å². The van der Waals surface area contributed by atoms with Crippen LogP contribution >= 0.6 is 0 Å². The smallest absolute Gasteiger partial charge is 0.227 e. The molecule has 1 aliphatic carbocycles. The zero-order chi connectivity index (χ0) is 30.9. The molecule has 0 fully saturated rings. The molecule has 0 radical (unpaired) electrons. The van der Waals surface area contributed by atoms with E-state index in [2.05, 4.69) is 114 Å². The fourth-order valence-corrected chi connectivity index (χ4v) is 7.08. The van der Waals surface area contributed by atoms with Gasteiger partial charge in [0.2, 0.25) is 5.89 Å². The Labute approximate surface area is 270 Å². The van der Waals surface area contributed by atoms with Gasteiger partial charge in [-0.3, -0.25) is 0 Å². The molecule has 4 nitrogen and oxygen atoms in total. The van der Waals surface area contributed by atoms with E-state index in [0.29, 0.717) is 5.89 Å². The van der Waals surface area contributed by atoms with Crippen molar-refractivity contribution in [3.8, 4) is 45.2 Å². The summed E-state index contributed by atoms with van der Waals surface area (Å²) in [5.74, 6) is 1.43. The predicted octanol–water partition coefficient (Wildman–Crippen LogP) is 12.2. The average molecular weight is 603 g/mol. The van der Waals surface area contributed by atoms with Gasteiger partial charge in [-0.1, -0.05) is 109 Å². The first kappa shape index (κ1) is 25.9. The summed E-state index contributed by atoms with van der Waals surface area (Å²) >= 11 is 0. The minimum absolute atomic E-state index is 0.629. The van der Waals surface area contributed by atoms with Gasteiger partial charge in [0.15, 0.2) is 11.3 Å². The minimum Gasteiger partial charge on any atom is -0.454 e. The third-order valence-electron chi connectivity index (χ3n) is 9.22. The monoisotopic (exact) mass is 602 g/mol. The summed E-state index contributed by atoms with van der Waals surface area (Å²) in [4.78, 5) is 7.30. The lowest BCUT2D eigenvalue weighted by Gasteiger charge is -2.26. The van der Waals surface area contributed by atoms with Crippen molar-refractivity contribution in [1.29, 1.82) is 0 Å². The van der Waals surface area contributed by atoms with E-state index >= 15 is 0 Å². The fraction of sp³-hybridized carbons (Fsp3) is 0. The first-order valence-electron chi connectivity index (χ1n) is 15.8. The molecule has 9 aromatic rings. The van der Waals surface area contributed by atoms with E-state index in [1.165, 1.54) is 10.9 Å². The van der Waals surface area contributed by atoms with Crippen LogP contribution in [0.2, 0.25) is 0 Å². The van der Waals surface area contributed by atoms with Gasteiger partial charge in [-0.25, -0.2) is 4.98 Å². The summed E-state index contributed by atoms with van der Waals surface area (Å²) in [5.41, 5.74) is 11.1. The molecule has 0 saturated carbocycles. The topological polar surface area (TPSA) is 42.4 Å². The third kappa shape index (κ3) is 3.98. The Hall–Kier alpha value is -6.39. The first-order valence-corrected chi connectivity index (χ1v) is 15.8. The van der Waals surface area contributed by atoms with Crippen molar-refractivity contribution in [2.75, 3.05) is 4.90 Å². The second kappa shape index (κ2) is 10.1. The number of para-hydroxylation sites is 2. The number of furan rings is 1. The van der Waals surface area contributed by atoms with Crippen LogP contribution in [0.3, 0.4) is 0 Å². The van der Waals surface area contributed by atoms with Gasteiger partial charge in [0.25, 0.3) is 0 Å². The van der Waals surface area contributed by atoms with Crippen molar-refractivity contribution in [2.24, 2.45) is 0 Å². The Kier molecular flexibility index (Phi) is 5.54. The summed E-state index contributed by atoms with van der Waals surface area (Å²) in [5, 5.41) is 4.48. The van der Waals surface area contributed by atoms with Crippen molar-refractivity contribution in [2.45, 2.75) is 0 Å². The Morgan fingerprint density at radius 1 is 0.489 bits per heavy atom. The lowest BCUT2D eigenvalue weighted by molar-refractivity contribution is 0.590. The summed E-state index contributed by atoms with van der Waals surface area (Å²) < 4.78 is 13.2. The van der Waals surface area contributed by atoms with Gasteiger partial charge < -0.3 is 13.7 Å². The molecule has 47 heavy (non-hydrogen) atoms. The minimum atomic E-state index is 0.629. The zero-order valence-corrected chi connectivity index (χ0v) is 25.2. The van der Waals surface area contributed by atoms with Crippen LogP contribution in [0, 0.1) is 0 Å². The van der Waals surface area contributed by atoms with Gasteiger partial charge in [0, 0.05) is 44.2 Å². The maximum atomic E-state index is 6.59. The summed E-state index contributed by atoms with van der Waals surface area (Å²) in [6.45, 7) is 0. The van der Waals surface area contributed by atoms with E-state index in [0.717, 1.165) is 78.1 Å². The normalized spacial score (nSPS) is 11.8. The van der Waals surface area contributed by atoms with E-state index in [9.17, 15) is 0 Å².